The highest BCUT2D eigenvalue weighted by Gasteiger charge is 2.49. The molecule has 124 valence electrons. The average molecular weight is 327 g/mol. The summed E-state index contributed by atoms with van der Waals surface area (Å²) in [7, 11) is 0. The van der Waals surface area contributed by atoms with Crippen LogP contribution in [-0.2, 0) is 16.9 Å². The van der Waals surface area contributed by atoms with Gasteiger partial charge in [-0.3, -0.25) is 4.90 Å². The number of rotatable bonds is 2. The van der Waals surface area contributed by atoms with Crippen molar-refractivity contribution in [1.29, 1.82) is 0 Å². The number of benzene rings is 2. The summed E-state index contributed by atoms with van der Waals surface area (Å²) in [4.78, 5) is 14.4. The van der Waals surface area contributed by atoms with Crippen LogP contribution in [0.15, 0.2) is 42.5 Å². The van der Waals surface area contributed by atoms with Gasteiger partial charge in [0.05, 0.1) is 5.56 Å². The van der Waals surface area contributed by atoms with E-state index in [1.165, 1.54) is 11.6 Å². The van der Waals surface area contributed by atoms with Crippen LogP contribution in [-0.4, -0.2) is 29.1 Å². The summed E-state index contributed by atoms with van der Waals surface area (Å²) >= 11 is 0. The number of phenols is 1. The Kier molecular flexibility index (Phi) is 3.53. The van der Waals surface area contributed by atoms with Crippen LogP contribution in [0.1, 0.15) is 34.3 Å². The number of nitrogens with zero attached hydrogens (tertiary/aromatic N) is 1. The van der Waals surface area contributed by atoms with Crippen LogP contribution in [0.3, 0.4) is 0 Å². The van der Waals surface area contributed by atoms with Gasteiger partial charge in [-0.25, -0.2) is 9.18 Å². The smallest absolute Gasteiger partial charge is 0.339 e. The minimum atomic E-state index is -0.891. The minimum absolute atomic E-state index is 0.156. The molecule has 5 heteroatoms. The summed E-state index contributed by atoms with van der Waals surface area (Å²) < 4.78 is 20.0. The molecule has 1 fully saturated rings. The molecular formula is C19H18FNO3. The predicted molar refractivity (Wildman–Crippen MR) is 86.1 cm³/mol. The highest BCUT2D eigenvalue weighted by atomic mass is 19.1. The van der Waals surface area contributed by atoms with Crippen molar-refractivity contribution in [2.75, 3.05) is 13.1 Å². The van der Waals surface area contributed by atoms with Crippen molar-refractivity contribution in [2.24, 2.45) is 0 Å². The van der Waals surface area contributed by atoms with Gasteiger partial charge in [0.2, 0.25) is 0 Å². The Morgan fingerprint density at radius 3 is 2.58 bits per heavy atom. The number of halogens is 1. The van der Waals surface area contributed by atoms with Gasteiger partial charge in [0.15, 0.2) is 0 Å². The largest absolute Gasteiger partial charge is 0.508 e. The number of piperidine rings is 1. The molecule has 0 amide bonds. The lowest BCUT2D eigenvalue weighted by Crippen LogP contribution is -2.42. The first kappa shape index (κ1) is 15.1. The molecule has 2 aliphatic heterocycles. The molecule has 0 saturated carbocycles. The van der Waals surface area contributed by atoms with Crippen molar-refractivity contribution in [2.45, 2.75) is 25.0 Å². The van der Waals surface area contributed by atoms with Crippen LogP contribution in [0.2, 0.25) is 0 Å². The average Bonchev–Trinajstić information content (AvgIpc) is 2.83. The third-order valence-corrected chi connectivity index (χ3v) is 4.95. The lowest BCUT2D eigenvalue weighted by atomic mass is 9.83. The van der Waals surface area contributed by atoms with Crippen molar-refractivity contribution in [3.8, 4) is 5.75 Å². The van der Waals surface area contributed by atoms with Gasteiger partial charge in [0.25, 0.3) is 0 Å². The Labute approximate surface area is 139 Å². The minimum Gasteiger partial charge on any atom is -0.508 e. The monoisotopic (exact) mass is 327 g/mol. The Morgan fingerprint density at radius 2 is 1.88 bits per heavy atom. The first-order valence-corrected chi connectivity index (χ1v) is 8.10. The summed E-state index contributed by atoms with van der Waals surface area (Å²) in [5, 5.41) is 9.53. The summed E-state index contributed by atoms with van der Waals surface area (Å²) in [5.74, 6) is -1.36. The van der Waals surface area contributed by atoms with E-state index in [0.717, 1.165) is 25.7 Å². The molecule has 0 aliphatic carbocycles. The molecule has 0 aromatic heterocycles. The molecule has 0 radical (unpaired) electrons. The maximum absolute atomic E-state index is 14.4. The van der Waals surface area contributed by atoms with Crippen molar-refractivity contribution in [3.05, 3.63) is 65.0 Å². The molecule has 4 rings (SSSR count). The highest BCUT2D eigenvalue weighted by molar-refractivity contribution is 5.95. The number of carbonyl (C=O) groups is 1. The van der Waals surface area contributed by atoms with Gasteiger partial charge in [-0.05, 0) is 11.6 Å². The molecule has 24 heavy (non-hydrogen) atoms. The lowest BCUT2D eigenvalue weighted by molar-refractivity contribution is -0.0454. The van der Waals surface area contributed by atoms with E-state index in [2.05, 4.69) is 17.0 Å². The van der Waals surface area contributed by atoms with Gasteiger partial charge in [0.1, 0.15) is 17.2 Å². The zero-order chi connectivity index (χ0) is 16.7. The van der Waals surface area contributed by atoms with E-state index in [1.807, 2.05) is 18.2 Å². The number of fused-ring (bicyclic) bond motifs is 2. The standard InChI is InChI=1S/C19H18FNO3/c20-16-11-14(22)10-15-17(16)19(24-18(15)23)6-8-21(9-7-19)12-13-4-2-1-3-5-13/h1-5,10-11,22H,6-9,12H2. The third-order valence-electron chi connectivity index (χ3n) is 4.95. The fourth-order valence-electron chi connectivity index (χ4n) is 3.77. The van der Waals surface area contributed by atoms with Crippen molar-refractivity contribution in [3.63, 3.8) is 0 Å². The zero-order valence-electron chi connectivity index (χ0n) is 13.2. The number of likely N-dealkylation sites (tertiary alicyclic amines) is 1. The summed E-state index contributed by atoms with van der Waals surface area (Å²) in [5.41, 5.74) is 0.805. The molecule has 2 heterocycles. The van der Waals surface area contributed by atoms with Crippen LogP contribution in [0, 0.1) is 5.82 Å². The second kappa shape index (κ2) is 5.60. The molecule has 4 nitrogen and oxygen atoms in total. The van der Waals surface area contributed by atoms with E-state index in [1.54, 1.807) is 0 Å². The Bertz CT molecular complexity index is 783. The second-order valence-corrected chi connectivity index (χ2v) is 6.50. The fraction of sp³-hybridized carbons (Fsp3) is 0.316. The van der Waals surface area contributed by atoms with E-state index in [0.29, 0.717) is 18.4 Å². The van der Waals surface area contributed by atoms with Gasteiger partial charge in [-0.1, -0.05) is 30.3 Å². The Morgan fingerprint density at radius 1 is 1.17 bits per heavy atom. The van der Waals surface area contributed by atoms with Crippen LogP contribution < -0.4 is 0 Å². The number of hydrogen-bond acceptors (Lipinski definition) is 4. The number of aromatic hydroxyl groups is 1. The number of carbonyl (C=O) groups excluding carboxylic acids is 1. The number of ether oxygens (including phenoxy) is 1. The topological polar surface area (TPSA) is 49.8 Å². The normalized spacial score (nSPS) is 19.3. The third kappa shape index (κ3) is 2.45. The van der Waals surface area contributed by atoms with Crippen LogP contribution in [0.4, 0.5) is 4.39 Å². The van der Waals surface area contributed by atoms with Gasteiger partial charge in [-0.2, -0.15) is 0 Å². The molecular weight excluding hydrogens is 309 g/mol. The molecule has 2 aromatic rings. The molecule has 1 spiro atoms. The summed E-state index contributed by atoms with van der Waals surface area (Å²) in [6.07, 6.45) is 1.11. The van der Waals surface area contributed by atoms with Crippen molar-refractivity contribution >= 4 is 5.97 Å². The molecule has 2 aromatic carbocycles. The quantitative estimate of drug-likeness (QED) is 0.861. The molecule has 2 aliphatic rings. The van der Waals surface area contributed by atoms with Gasteiger partial charge in [0, 0.05) is 44.1 Å². The number of phenolic OH excluding ortho intramolecular Hbond substituents is 1. The fourth-order valence-corrected chi connectivity index (χ4v) is 3.77. The first-order chi connectivity index (χ1) is 11.6. The first-order valence-electron chi connectivity index (χ1n) is 8.10. The van der Waals surface area contributed by atoms with Crippen LogP contribution >= 0.6 is 0 Å². The zero-order valence-corrected chi connectivity index (χ0v) is 13.2. The van der Waals surface area contributed by atoms with Gasteiger partial charge in [-0.15, -0.1) is 0 Å². The maximum atomic E-state index is 14.4. The van der Waals surface area contributed by atoms with Gasteiger partial charge < -0.3 is 9.84 Å². The highest BCUT2D eigenvalue weighted by Crippen LogP contribution is 2.46. The van der Waals surface area contributed by atoms with Crippen molar-refractivity contribution < 1.29 is 19.0 Å². The van der Waals surface area contributed by atoms with E-state index < -0.39 is 17.4 Å². The van der Waals surface area contributed by atoms with E-state index in [9.17, 15) is 14.3 Å². The Balaban J connectivity index is 1.55. The Hall–Kier alpha value is -2.40. The maximum Gasteiger partial charge on any atom is 0.339 e. The summed E-state index contributed by atoms with van der Waals surface area (Å²) in [6.45, 7) is 2.28. The van der Waals surface area contributed by atoms with E-state index in [4.69, 9.17) is 4.74 Å². The van der Waals surface area contributed by atoms with Crippen molar-refractivity contribution in [1.82, 2.24) is 4.90 Å². The molecule has 1 saturated heterocycles. The number of esters is 1. The molecule has 0 unspecified atom stereocenters. The van der Waals surface area contributed by atoms with E-state index >= 15 is 0 Å². The van der Waals surface area contributed by atoms with Gasteiger partial charge >= 0.3 is 5.97 Å². The predicted octanol–water partition coefficient (Wildman–Crippen LogP) is 3.19. The molecule has 0 atom stereocenters. The summed E-state index contributed by atoms with van der Waals surface area (Å²) in [6, 6.07) is 12.5. The lowest BCUT2D eigenvalue weighted by Gasteiger charge is -2.38. The molecule has 0 bridgehead atoms. The molecule has 1 N–H and O–H groups in total. The van der Waals surface area contributed by atoms with E-state index in [-0.39, 0.29) is 11.3 Å². The van der Waals surface area contributed by atoms with Crippen LogP contribution in [0.5, 0.6) is 5.75 Å². The van der Waals surface area contributed by atoms with Crippen LogP contribution in [0.25, 0.3) is 0 Å². The second-order valence-electron chi connectivity index (χ2n) is 6.50. The SMILES string of the molecule is O=C1OC2(CCN(Cc3ccccc3)CC2)c2c(F)cc(O)cc21. The number of hydrogen-bond donors (Lipinski definition) is 1.